The molecule has 0 radical (unpaired) electrons. The van der Waals surface area contributed by atoms with E-state index in [1.165, 1.54) is 7.11 Å². The third kappa shape index (κ3) is 4.03. The van der Waals surface area contributed by atoms with Gasteiger partial charge in [-0.25, -0.2) is 4.79 Å². The van der Waals surface area contributed by atoms with Gasteiger partial charge in [0.15, 0.2) is 5.79 Å². The predicted octanol–water partition coefficient (Wildman–Crippen LogP) is 2.60. The molecule has 6 nitrogen and oxygen atoms in total. The zero-order valence-corrected chi connectivity index (χ0v) is 15.0. The molecule has 1 aliphatic heterocycles. The van der Waals surface area contributed by atoms with Crippen LogP contribution in [0.3, 0.4) is 0 Å². The Morgan fingerprint density at radius 3 is 2.56 bits per heavy atom. The summed E-state index contributed by atoms with van der Waals surface area (Å²) in [5, 5.41) is 0. The zero-order valence-electron chi connectivity index (χ0n) is 15.0. The number of carbonyl (C=O) groups is 1. The number of fused-ring (bicyclic) bond motifs is 1. The summed E-state index contributed by atoms with van der Waals surface area (Å²) in [7, 11) is 3.00. The molecule has 0 amide bonds. The average Bonchev–Trinajstić information content (AvgIpc) is 2.93. The number of benzene rings is 1. The fourth-order valence-electron chi connectivity index (χ4n) is 3.22. The van der Waals surface area contributed by atoms with Crippen molar-refractivity contribution in [3.8, 4) is 5.75 Å². The first-order chi connectivity index (χ1) is 11.9. The molecular formula is C19H24O6. The van der Waals surface area contributed by atoms with E-state index in [1.807, 2.05) is 38.1 Å². The molecule has 3 atom stereocenters. The van der Waals surface area contributed by atoms with Crippen LogP contribution < -0.4 is 4.74 Å². The Morgan fingerprint density at radius 2 is 1.92 bits per heavy atom. The van der Waals surface area contributed by atoms with Gasteiger partial charge in [0.25, 0.3) is 0 Å². The van der Waals surface area contributed by atoms with E-state index in [9.17, 15) is 4.79 Å². The van der Waals surface area contributed by atoms with Crippen LogP contribution in [-0.4, -0.2) is 44.3 Å². The highest BCUT2D eigenvalue weighted by atomic mass is 16.8. The lowest BCUT2D eigenvalue weighted by atomic mass is 9.92. The van der Waals surface area contributed by atoms with E-state index < -0.39 is 5.79 Å². The second kappa shape index (κ2) is 7.15. The van der Waals surface area contributed by atoms with Crippen molar-refractivity contribution in [2.24, 2.45) is 0 Å². The zero-order chi connectivity index (χ0) is 18.0. The number of hydrogen-bond donors (Lipinski definition) is 0. The standard InChI is InChI=1S/C19H24O6/c1-19(2)24-16-10-13(18(20)22-4)9-15(17(16)25-19)23-11-12-5-7-14(21-3)8-6-12/h5-9,15-17H,10-11H2,1-4H3/t15-,16+,17-/m0/s1. The predicted molar refractivity (Wildman–Crippen MR) is 90.1 cm³/mol. The molecule has 1 fully saturated rings. The highest BCUT2D eigenvalue weighted by Gasteiger charge is 2.48. The smallest absolute Gasteiger partial charge is 0.333 e. The number of rotatable bonds is 5. The Kier molecular flexibility index (Phi) is 5.13. The van der Waals surface area contributed by atoms with Crippen LogP contribution >= 0.6 is 0 Å². The van der Waals surface area contributed by atoms with E-state index in [4.69, 9.17) is 23.7 Å². The van der Waals surface area contributed by atoms with Gasteiger partial charge in [-0.2, -0.15) is 0 Å². The third-order valence-corrected chi connectivity index (χ3v) is 4.38. The summed E-state index contributed by atoms with van der Waals surface area (Å²) in [4.78, 5) is 12.0. The molecule has 1 aromatic carbocycles. The molecule has 0 N–H and O–H groups in total. The minimum absolute atomic E-state index is 0.227. The summed E-state index contributed by atoms with van der Waals surface area (Å²) >= 11 is 0. The highest BCUT2D eigenvalue weighted by Crippen LogP contribution is 2.38. The number of carbonyl (C=O) groups excluding carboxylic acids is 1. The van der Waals surface area contributed by atoms with Crippen LogP contribution in [-0.2, 0) is 30.3 Å². The SMILES string of the molecule is COC(=O)C1=C[C@H](OCc2ccc(OC)cc2)[C@@H]2OC(C)(C)O[C@@H]2C1. The van der Waals surface area contributed by atoms with Gasteiger partial charge < -0.3 is 23.7 Å². The van der Waals surface area contributed by atoms with Gasteiger partial charge in [0.05, 0.1) is 26.9 Å². The van der Waals surface area contributed by atoms with Crippen molar-refractivity contribution in [1.82, 2.24) is 0 Å². The fraction of sp³-hybridized carbons (Fsp3) is 0.526. The van der Waals surface area contributed by atoms with E-state index in [0.29, 0.717) is 18.6 Å². The summed E-state index contributed by atoms with van der Waals surface area (Å²) < 4.78 is 28.0. The summed E-state index contributed by atoms with van der Waals surface area (Å²) in [5.74, 6) is -0.260. The maximum atomic E-state index is 12.0. The molecule has 2 aliphatic rings. The van der Waals surface area contributed by atoms with Crippen LogP contribution in [0, 0.1) is 0 Å². The van der Waals surface area contributed by atoms with Crippen LogP contribution in [0.5, 0.6) is 5.75 Å². The van der Waals surface area contributed by atoms with Crippen molar-refractivity contribution in [2.75, 3.05) is 14.2 Å². The molecule has 25 heavy (non-hydrogen) atoms. The van der Waals surface area contributed by atoms with Gasteiger partial charge in [-0.1, -0.05) is 12.1 Å². The summed E-state index contributed by atoms with van der Waals surface area (Å²) in [6.45, 7) is 4.12. The minimum Gasteiger partial charge on any atom is -0.497 e. The van der Waals surface area contributed by atoms with E-state index in [0.717, 1.165) is 11.3 Å². The molecule has 0 bridgehead atoms. The van der Waals surface area contributed by atoms with Gasteiger partial charge in [-0.3, -0.25) is 0 Å². The molecule has 0 aromatic heterocycles. The topological polar surface area (TPSA) is 63.2 Å². The second-order valence-electron chi connectivity index (χ2n) is 6.65. The molecule has 6 heteroatoms. The molecule has 136 valence electrons. The maximum Gasteiger partial charge on any atom is 0.333 e. The van der Waals surface area contributed by atoms with Crippen molar-refractivity contribution in [3.63, 3.8) is 0 Å². The van der Waals surface area contributed by atoms with Crippen LogP contribution in [0.25, 0.3) is 0 Å². The normalized spacial score (nSPS) is 27.4. The van der Waals surface area contributed by atoms with Crippen molar-refractivity contribution in [1.29, 1.82) is 0 Å². The molecule has 1 aromatic rings. The lowest BCUT2D eigenvalue weighted by Gasteiger charge is -2.29. The minimum atomic E-state index is -0.698. The van der Waals surface area contributed by atoms with Gasteiger partial charge in [0.2, 0.25) is 0 Å². The first-order valence-electron chi connectivity index (χ1n) is 8.31. The lowest BCUT2D eigenvalue weighted by molar-refractivity contribution is -0.155. The Balaban J connectivity index is 1.74. The summed E-state index contributed by atoms with van der Waals surface area (Å²) in [5.41, 5.74) is 1.57. The quantitative estimate of drug-likeness (QED) is 0.762. The van der Waals surface area contributed by atoms with Gasteiger partial charge >= 0.3 is 5.97 Å². The monoisotopic (exact) mass is 348 g/mol. The molecule has 1 saturated heterocycles. The molecule has 0 spiro atoms. The molecule has 0 unspecified atom stereocenters. The Bertz CT molecular complexity index is 648. The molecular weight excluding hydrogens is 324 g/mol. The van der Waals surface area contributed by atoms with Crippen molar-refractivity contribution in [3.05, 3.63) is 41.5 Å². The van der Waals surface area contributed by atoms with Crippen LogP contribution in [0.1, 0.15) is 25.8 Å². The van der Waals surface area contributed by atoms with Gasteiger partial charge in [0.1, 0.15) is 18.0 Å². The van der Waals surface area contributed by atoms with Gasteiger partial charge in [0, 0.05) is 12.0 Å². The largest absolute Gasteiger partial charge is 0.497 e. The highest BCUT2D eigenvalue weighted by molar-refractivity contribution is 5.88. The van der Waals surface area contributed by atoms with Gasteiger partial charge in [-0.15, -0.1) is 0 Å². The maximum absolute atomic E-state index is 12.0. The molecule has 0 saturated carbocycles. The van der Waals surface area contributed by atoms with Crippen molar-refractivity contribution < 1.29 is 28.5 Å². The van der Waals surface area contributed by atoms with E-state index in [2.05, 4.69) is 0 Å². The third-order valence-electron chi connectivity index (χ3n) is 4.38. The van der Waals surface area contributed by atoms with Crippen LogP contribution in [0.2, 0.25) is 0 Å². The van der Waals surface area contributed by atoms with Crippen LogP contribution in [0.15, 0.2) is 35.9 Å². The van der Waals surface area contributed by atoms with E-state index in [1.54, 1.807) is 13.2 Å². The van der Waals surface area contributed by atoms with Crippen molar-refractivity contribution >= 4 is 5.97 Å². The Morgan fingerprint density at radius 1 is 1.20 bits per heavy atom. The Hall–Kier alpha value is -1.89. The van der Waals surface area contributed by atoms with E-state index in [-0.39, 0.29) is 24.3 Å². The average molecular weight is 348 g/mol. The number of hydrogen-bond acceptors (Lipinski definition) is 6. The Labute approximate surface area is 147 Å². The summed E-state index contributed by atoms with van der Waals surface area (Å²) in [6, 6.07) is 7.66. The summed E-state index contributed by atoms with van der Waals surface area (Å²) in [6.07, 6.45) is 1.40. The molecule has 1 aliphatic carbocycles. The second-order valence-corrected chi connectivity index (χ2v) is 6.65. The van der Waals surface area contributed by atoms with Gasteiger partial charge in [-0.05, 0) is 37.6 Å². The molecule has 1 heterocycles. The number of ether oxygens (including phenoxy) is 5. The van der Waals surface area contributed by atoms with E-state index >= 15 is 0 Å². The first kappa shape index (κ1) is 17.9. The number of methoxy groups -OCH3 is 2. The molecule has 3 rings (SSSR count). The van der Waals surface area contributed by atoms with Crippen molar-refractivity contribution in [2.45, 2.75) is 51.0 Å². The first-order valence-corrected chi connectivity index (χ1v) is 8.31. The lowest BCUT2D eigenvalue weighted by Crippen LogP contribution is -2.40. The van der Waals surface area contributed by atoms with Crippen LogP contribution in [0.4, 0.5) is 0 Å². The number of esters is 1. The fourth-order valence-corrected chi connectivity index (χ4v) is 3.22.